The Kier molecular flexibility index (Phi) is 4.02. The summed E-state index contributed by atoms with van der Waals surface area (Å²) in [6, 6.07) is 9.68. The number of esters is 1. The van der Waals surface area contributed by atoms with Gasteiger partial charge in [-0.1, -0.05) is 35.5 Å². The standard InChI is InChI=1S/C13H13N3O3/c1-10(17)9-19-13(18)12-8-16(15-14-12)7-11-5-3-2-4-6-11/h2-6,8H,7,9H2,1H3. The van der Waals surface area contributed by atoms with Crippen molar-refractivity contribution in [3.8, 4) is 0 Å². The molecule has 2 aromatic rings. The number of nitrogens with zero attached hydrogens (tertiary/aromatic N) is 3. The third-order valence-corrected chi connectivity index (χ3v) is 2.34. The summed E-state index contributed by atoms with van der Waals surface area (Å²) in [5.74, 6) is -0.862. The smallest absolute Gasteiger partial charge is 0.360 e. The molecule has 0 fully saturated rings. The lowest BCUT2D eigenvalue weighted by Crippen LogP contribution is -2.11. The van der Waals surface area contributed by atoms with E-state index < -0.39 is 5.97 Å². The van der Waals surface area contributed by atoms with Crippen LogP contribution in [0.5, 0.6) is 0 Å². The van der Waals surface area contributed by atoms with Crippen LogP contribution in [-0.4, -0.2) is 33.4 Å². The molecule has 0 radical (unpaired) electrons. The zero-order chi connectivity index (χ0) is 13.7. The van der Waals surface area contributed by atoms with Crippen LogP contribution < -0.4 is 0 Å². The average Bonchev–Trinajstić information content (AvgIpc) is 2.85. The third-order valence-electron chi connectivity index (χ3n) is 2.34. The number of aromatic nitrogens is 3. The number of ether oxygens (including phenoxy) is 1. The first kappa shape index (κ1) is 12.9. The zero-order valence-electron chi connectivity index (χ0n) is 10.4. The average molecular weight is 259 g/mol. The molecule has 1 aromatic heterocycles. The van der Waals surface area contributed by atoms with Gasteiger partial charge in [0.15, 0.2) is 11.5 Å². The quantitative estimate of drug-likeness (QED) is 0.751. The molecule has 19 heavy (non-hydrogen) atoms. The first-order valence-corrected chi connectivity index (χ1v) is 5.76. The van der Waals surface area contributed by atoms with Crippen molar-refractivity contribution in [2.24, 2.45) is 0 Å². The van der Waals surface area contributed by atoms with Crippen LogP contribution in [0.4, 0.5) is 0 Å². The SMILES string of the molecule is CC(=O)COC(=O)c1cn(Cc2ccccc2)nn1. The van der Waals surface area contributed by atoms with Crippen molar-refractivity contribution in [1.82, 2.24) is 15.0 Å². The predicted molar refractivity (Wildman–Crippen MR) is 66.5 cm³/mol. The summed E-state index contributed by atoms with van der Waals surface area (Å²) in [6.45, 7) is 1.62. The molecular formula is C13H13N3O3. The number of rotatable bonds is 5. The summed E-state index contributed by atoms with van der Waals surface area (Å²) in [5, 5.41) is 7.56. The predicted octanol–water partition coefficient (Wildman–Crippen LogP) is 1.07. The molecule has 0 aliphatic heterocycles. The van der Waals surface area contributed by atoms with Gasteiger partial charge in [0.25, 0.3) is 0 Å². The van der Waals surface area contributed by atoms with Gasteiger partial charge in [0, 0.05) is 0 Å². The Hall–Kier alpha value is -2.50. The van der Waals surface area contributed by atoms with E-state index in [-0.39, 0.29) is 18.1 Å². The first-order valence-electron chi connectivity index (χ1n) is 5.76. The molecule has 98 valence electrons. The van der Waals surface area contributed by atoms with E-state index in [4.69, 9.17) is 4.74 Å². The van der Waals surface area contributed by atoms with Gasteiger partial charge in [-0.2, -0.15) is 0 Å². The van der Waals surface area contributed by atoms with Gasteiger partial charge >= 0.3 is 5.97 Å². The van der Waals surface area contributed by atoms with E-state index in [1.165, 1.54) is 13.1 Å². The van der Waals surface area contributed by atoms with E-state index in [1.54, 1.807) is 4.68 Å². The minimum Gasteiger partial charge on any atom is -0.453 e. The summed E-state index contributed by atoms with van der Waals surface area (Å²) in [4.78, 5) is 22.2. The van der Waals surface area contributed by atoms with Crippen molar-refractivity contribution in [3.05, 3.63) is 47.8 Å². The molecule has 6 nitrogen and oxygen atoms in total. The van der Waals surface area contributed by atoms with E-state index in [0.717, 1.165) is 5.56 Å². The van der Waals surface area contributed by atoms with Gasteiger partial charge in [-0.3, -0.25) is 4.79 Å². The molecule has 6 heteroatoms. The first-order chi connectivity index (χ1) is 9.15. The lowest BCUT2D eigenvalue weighted by atomic mass is 10.2. The van der Waals surface area contributed by atoms with Crippen molar-refractivity contribution >= 4 is 11.8 Å². The van der Waals surface area contributed by atoms with Crippen molar-refractivity contribution in [3.63, 3.8) is 0 Å². The molecule has 1 aromatic carbocycles. The van der Waals surface area contributed by atoms with Crippen molar-refractivity contribution < 1.29 is 14.3 Å². The van der Waals surface area contributed by atoms with Crippen molar-refractivity contribution in [2.75, 3.05) is 6.61 Å². The van der Waals surface area contributed by atoms with Crippen LogP contribution in [0.25, 0.3) is 0 Å². The van der Waals surface area contributed by atoms with Crippen LogP contribution in [0, 0.1) is 0 Å². The molecule has 1 heterocycles. The molecule has 0 spiro atoms. The summed E-state index contributed by atoms with van der Waals surface area (Å²) >= 11 is 0. The van der Waals surface area contributed by atoms with Crippen molar-refractivity contribution in [2.45, 2.75) is 13.5 Å². The van der Waals surface area contributed by atoms with Gasteiger partial charge in [-0.25, -0.2) is 9.48 Å². The molecule has 0 N–H and O–H groups in total. The number of carbonyl (C=O) groups is 2. The second-order valence-electron chi connectivity index (χ2n) is 4.07. The molecule has 0 unspecified atom stereocenters. The normalized spacial score (nSPS) is 10.2. The van der Waals surface area contributed by atoms with E-state index in [9.17, 15) is 9.59 Å². The topological polar surface area (TPSA) is 74.1 Å². The summed E-state index contributed by atoms with van der Waals surface area (Å²) in [7, 11) is 0. The van der Waals surface area contributed by atoms with Gasteiger partial charge in [0.05, 0.1) is 12.7 Å². The Labute approximate surface area is 110 Å². The zero-order valence-corrected chi connectivity index (χ0v) is 10.4. The molecule has 0 aliphatic rings. The lowest BCUT2D eigenvalue weighted by molar-refractivity contribution is -0.120. The fourth-order valence-corrected chi connectivity index (χ4v) is 1.48. The second-order valence-corrected chi connectivity index (χ2v) is 4.07. The molecule has 0 amide bonds. The number of Topliss-reactive ketones (excluding diaryl/α,β-unsaturated/α-hetero) is 1. The number of carbonyl (C=O) groups excluding carboxylic acids is 2. The fraction of sp³-hybridized carbons (Fsp3) is 0.231. The molecular weight excluding hydrogens is 246 g/mol. The molecule has 0 atom stereocenters. The van der Waals surface area contributed by atoms with E-state index in [2.05, 4.69) is 10.3 Å². The highest BCUT2D eigenvalue weighted by molar-refractivity contribution is 5.89. The van der Waals surface area contributed by atoms with Crippen LogP contribution in [0.2, 0.25) is 0 Å². The number of hydrogen-bond acceptors (Lipinski definition) is 5. The Balaban J connectivity index is 1.99. The van der Waals surface area contributed by atoms with Gasteiger partial charge in [0.1, 0.15) is 6.61 Å². The minimum atomic E-state index is -0.644. The van der Waals surface area contributed by atoms with Gasteiger partial charge in [0.2, 0.25) is 0 Å². The summed E-state index contributed by atoms with van der Waals surface area (Å²) in [5.41, 5.74) is 1.15. The van der Waals surface area contributed by atoms with Crippen molar-refractivity contribution in [1.29, 1.82) is 0 Å². The summed E-state index contributed by atoms with van der Waals surface area (Å²) < 4.78 is 6.29. The van der Waals surface area contributed by atoms with Crippen LogP contribution in [0.3, 0.4) is 0 Å². The maximum atomic E-state index is 11.5. The van der Waals surface area contributed by atoms with Crippen LogP contribution >= 0.6 is 0 Å². The van der Waals surface area contributed by atoms with Crippen LogP contribution in [0.15, 0.2) is 36.5 Å². The van der Waals surface area contributed by atoms with E-state index >= 15 is 0 Å². The second kappa shape index (κ2) is 5.90. The van der Waals surface area contributed by atoms with Gasteiger partial charge in [-0.15, -0.1) is 5.10 Å². The maximum absolute atomic E-state index is 11.5. The van der Waals surface area contributed by atoms with Gasteiger partial charge in [-0.05, 0) is 12.5 Å². The Morgan fingerprint density at radius 3 is 2.68 bits per heavy atom. The Bertz CT molecular complexity index is 578. The lowest BCUT2D eigenvalue weighted by Gasteiger charge is -1.99. The largest absolute Gasteiger partial charge is 0.453 e. The highest BCUT2D eigenvalue weighted by Gasteiger charge is 2.13. The van der Waals surface area contributed by atoms with E-state index in [1.807, 2.05) is 30.3 Å². The number of benzene rings is 1. The molecule has 0 saturated heterocycles. The van der Waals surface area contributed by atoms with Gasteiger partial charge < -0.3 is 4.74 Å². The molecule has 0 bridgehead atoms. The summed E-state index contributed by atoms with van der Waals surface area (Å²) in [6.07, 6.45) is 1.50. The fourth-order valence-electron chi connectivity index (χ4n) is 1.48. The number of hydrogen-bond donors (Lipinski definition) is 0. The highest BCUT2D eigenvalue weighted by Crippen LogP contribution is 2.03. The molecule has 2 rings (SSSR count). The maximum Gasteiger partial charge on any atom is 0.360 e. The Morgan fingerprint density at radius 1 is 1.26 bits per heavy atom. The Morgan fingerprint density at radius 2 is 2.00 bits per heavy atom. The molecule has 0 saturated carbocycles. The monoisotopic (exact) mass is 259 g/mol. The third kappa shape index (κ3) is 3.74. The minimum absolute atomic E-state index is 0.0946. The number of ketones is 1. The molecule has 0 aliphatic carbocycles. The van der Waals surface area contributed by atoms with Crippen LogP contribution in [-0.2, 0) is 16.1 Å². The highest BCUT2D eigenvalue weighted by atomic mass is 16.5. The van der Waals surface area contributed by atoms with Crippen LogP contribution in [0.1, 0.15) is 23.0 Å². The van der Waals surface area contributed by atoms with E-state index in [0.29, 0.717) is 6.54 Å².